The van der Waals surface area contributed by atoms with Gasteiger partial charge in [-0.25, -0.2) is 4.98 Å². The van der Waals surface area contributed by atoms with Crippen molar-refractivity contribution in [2.24, 2.45) is 0 Å². The Hall–Kier alpha value is -1.71. The molecule has 0 aliphatic rings. The van der Waals surface area contributed by atoms with Gasteiger partial charge < -0.3 is 5.32 Å². The van der Waals surface area contributed by atoms with Gasteiger partial charge in [0.25, 0.3) is 0 Å². The molecule has 108 valence electrons. The third-order valence-electron chi connectivity index (χ3n) is 3.54. The largest absolute Gasteiger partial charge is 0.313 e. The maximum Gasteiger partial charge on any atom is 0.0982 e. The molecule has 2 nitrogen and oxygen atoms in total. The van der Waals surface area contributed by atoms with Crippen molar-refractivity contribution in [3.05, 3.63) is 64.7 Å². The van der Waals surface area contributed by atoms with Crippen LogP contribution in [0.1, 0.15) is 29.5 Å². The summed E-state index contributed by atoms with van der Waals surface area (Å²) in [5, 5.41) is 4.68. The van der Waals surface area contributed by atoms with Crippen LogP contribution in [0.4, 0.5) is 0 Å². The van der Waals surface area contributed by atoms with E-state index in [0.717, 1.165) is 25.0 Å². The number of hydrogen-bond acceptors (Lipinski definition) is 3. The Labute approximate surface area is 129 Å². The van der Waals surface area contributed by atoms with E-state index in [1.807, 2.05) is 0 Å². The summed E-state index contributed by atoms with van der Waals surface area (Å²) in [4.78, 5) is 4.74. The van der Waals surface area contributed by atoms with Gasteiger partial charge in [-0.3, -0.25) is 0 Å². The van der Waals surface area contributed by atoms with Gasteiger partial charge in [-0.05, 0) is 36.2 Å². The number of aromatic nitrogens is 1. The molecule has 0 amide bonds. The maximum absolute atomic E-state index is 4.74. The van der Waals surface area contributed by atoms with Crippen LogP contribution in [-0.2, 0) is 13.0 Å². The second kappa shape index (κ2) is 6.83. The molecule has 0 spiro atoms. The highest BCUT2D eigenvalue weighted by Gasteiger charge is 2.07. The summed E-state index contributed by atoms with van der Waals surface area (Å²) in [7, 11) is 0. The predicted octanol–water partition coefficient (Wildman–Crippen LogP) is 4.39. The highest BCUT2D eigenvalue weighted by Crippen LogP contribution is 2.24. The average molecular weight is 296 g/mol. The first-order chi connectivity index (χ1) is 10.4. The van der Waals surface area contributed by atoms with E-state index in [-0.39, 0.29) is 0 Å². The monoisotopic (exact) mass is 296 g/mol. The van der Waals surface area contributed by atoms with E-state index in [1.54, 1.807) is 11.3 Å². The number of benzene rings is 2. The van der Waals surface area contributed by atoms with Crippen LogP contribution < -0.4 is 5.32 Å². The average Bonchev–Trinajstić information content (AvgIpc) is 2.91. The summed E-state index contributed by atoms with van der Waals surface area (Å²) in [6, 6.07) is 17.0. The maximum atomic E-state index is 4.74. The highest BCUT2D eigenvalue weighted by atomic mass is 32.1. The molecule has 21 heavy (non-hydrogen) atoms. The van der Waals surface area contributed by atoms with E-state index < -0.39 is 0 Å². The van der Waals surface area contributed by atoms with Crippen LogP contribution in [0.5, 0.6) is 0 Å². The predicted molar refractivity (Wildman–Crippen MR) is 90.9 cm³/mol. The summed E-state index contributed by atoms with van der Waals surface area (Å²) in [5.41, 5.74) is 3.87. The lowest BCUT2D eigenvalue weighted by Crippen LogP contribution is -2.15. The smallest absolute Gasteiger partial charge is 0.0982 e. The molecule has 0 aliphatic heterocycles. The van der Waals surface area contributed by atoms with Gasteiger partial charge in [-0.15, -0.1) is 11.3 Å². The van der Waals surface area contributed by atoms with Crippen LogP contribution in [0.2, 0.25) is 0 Å². The third kappa shape index (κ3) is 3.49. The van der Waals surface area contributed by atoms with Crippen molar-refractivity contribution in [1.29, 1.82) is 0 Å². The first-order valence-electron chi connectivity index (χ1n) is 7.49. The van der Waals surface area contributed by atoms with Crippen LogP contribution >= 0.6 is 11.3 Å². The van der Waals surface area contributed by atoms with E-state index in [1.165, 1.54) is 27.3 Å². The molecular weight excluding hydrogens is 276 g/mol. The molecular formula is C18H20N2S. The quantitative estimate of drug-likeness (QED) is 0.683. The van der Waals surface area contributed by atoms with Crippen molar-refractivity contribution in [2.45, 2.75) is 26.3 Å². The number of nitrogens with zero attached hydrogens (tertiary/aromatic N) is 1. The molecule has 0 bridgehead atoms. The van der Waals surface area contributed by atoms with Gasteiger partial charge in [0.15, 0.2) is 0 Å². The first-order valence-corrected chi connectivity index (χ1v) is 8.30. The summed E-state index contributed by atoms with van der Waals surface area (Å²) in [5.74, 6) is 0. The molecule has 3 rings (SSSR count). The van der Waals surface area contributed by atoms with E-state index in [2.05, 4.69) is 60.8 Å². The molecule has 0 fully saturated rings. The molecule has 3 heteroatoms. The zero-order chi connectivity index (χ0) is 14.5. The van der Waals surface area contributed by atoms with E-state index in [4.69, 9.17) is 4.98 Å². The molecule has 1 heterocycles. The first kappa shape index (κ1) is 14.2. The third-order valence-corrected chi connectivity index (χ3v) is 4.58. The number of rotatable bonds is 6. The summed E-state index contributed by atoms with van der Waals surface area (Å²) in [6.45, 7) is 4.20. The number of fused-ring (bicyclic) bond motifs is 1. The number of hydrogen-bond donors (Lipinski definition) is 1. The van der Waals surface area contributed by atoms with Crippen molar-refractivity contribution in [3.8, 4) is 0 Å². The molecule has 0 saturated carbocycles. The van der Waals surface area contributed by atoms with Crippen LogP contribution in [0.3, 0.4) is 0 Å². The summed E-state index contributed by atoms with van der Waals surface area (Å²) < 4.78 is 1.27. The lowest BCUT2D eigenvalue weighted by Gasteiger charge is -2.09. The molecule has 0 saturated heterocycles. The van der Waals surface area contributed by atoms with Crippen LogP contribution in [-0.4, -0.2) is 11.5 Å². The minimum atomic E-state index is 0.920. The van der Waals surface area contributed by atoms with Crippen molar-refractivity contribution in [1.82, 2.24) is 10.3 Å². The minimum Gasteiger partial charge on any atom is -0.313 e. The van der Waals surface area contributed by atoms with E-state index in [0.29, 0.717) is 0 Å². The molecule has 2 aromatic carbocycles. The molecule has 0 atom stereocenters. The second-order valence-corrected chi connectivity index (χ2v) is 6.31. The van der Waals surface area contributed by atoms with E-state index in [9.17, 15) is 0 Å². The van der Waals surface area contributed by atoms with Crippen molar-refractivity contribution in [3.63, 3.8) is 0 Å². The number of nitrogens with one attached hydrogen (secondary N) is 1. The fraction of sp³-hybridized carbons (Fsp3) is 0.278. The van der Waals surface area contributed by atoms with Gasteiger partial charge in [0.05, 0.1) is 15.2 Å². The van der Waals surface area contributed by atoms with Gasteiger partial charge in [-0.1, -0.05) is 43.3 Å². The van der Waals surface area contributed by atoms with Gasteiger partial charge in [-0.2, -0.15) is 0 Å². The second-order valence-electron chi connectivity index (χ2n) is 5.20. The van der Waals surface area contributed by atoms with Crippen LogP contribution in [0.15, 0.2) is 48.5 Å². The normalized spacial score (nSPS) is 11.1. The number of para-hydroxylation sites is 1. The molecule has 0 unspecified atom stereocenters. The fourth-order valence-electron chi connectivity index (χ4n) is 2.46. The molecule has 1 aromatic heterocycles. The fourth-order valence-corrected chi connectivity index (χ4v) is 3.45. The highest BCUT2D eigenvalue weighted by molar-refractivity contribution is 7.18. The van der Waals surface area contributed by atoms with E-state index >= 15 is 0 Å². The Morgan fingerprint density at radius 1 is 1.00 bits per heavy atom. The van der Waals surface area contributed by atoms with Gasteiger partial charge in [0.2, 0.25) is 0 Å². The summed E-state index contributed by atoms with van der Waals surface area (Å²) in [6.07, 6.45) is 2.09. The van der Waals surface area contributed by atoms with Gasteiger partial charge in [0.1, 0.15) is 0 Å². The van der Waals surface area contributed by atoms with Crippen molar-refractivity contribution >= 4 is 21.6 Å². The molecule has 3 aromatic rings. The standard InChI is InChI=1S/C18H20N2S/c1-2-11-19-13-15-8-4-3-7-14(15)12-18-20-16-9-5-6-10-17(16)21-18/h3-10,19H,2,11-13H2,1H3. The SMILES string of the molecule is CCCNCc1ccccc1Cc1nc2ccccc2s1. The topological polar surface area (TPSA) is 24.9 Å². The summed E-state index contributed by atoms with van der Waals surface area (Å²) >= 11 is 1.80. The van der Waals surface area contributed by atoms with Gasteiger partial charge >= 0.3 is 0 Å². The zero-order valence-electron chi connectivity index (χ0n) is 12.3. The Balaban J connectivity index is 1.80. The van der Waals surface area contributed by atoms with Crippen LogP contribution in [0, 0.1) is 0 Å². The molecule has 1 N–H and O–H groups in total. The Morgan fingerprint density at radius 3 is 2.57 bits per heavy atom. The minimum absolute atomic E-state index is 0.920. The lowest BCUT2D eigenvalue weighted by molar-refractivity contribution is 0.672. The van der Waals surface area contributed by atoms with Crippen molar-refractivity contribution < 1.29 is 0 Å². The Bertz CT molecular complexity index is 685. The van der Waals surface area contributed by atoms with Crippen molar-refractivity contribution in [2.75, 3.05) is 6.54 Å². The Morgan fingerprint density at radius 2 is 1.76 bits per heavy atom. The molecule has 0 aliphatic carbocycles. The Kier molecular flexibility index (Phi) is 4.63. The zero-order valence-corrected chi connectivity index (χ0v) is 13.1. The molecule has 0 radical (unpaired) electrons. The van der Waals surface area contributed by atoms with Gasteiger partial charge in [0, 0.05) is 13.0 Å². The number of thiazole rings is 1. The van der Waals surface area contributed by atoms with Crippen LogP contribution in [0.25, 0.3) is 10.2 Å². The lowest BCUT2D eigenvalue weighted by atomic mass is 10.0.